The van der Waals surface area contributed by atoms with Crippen molar-refractivity contribution >= 4 is 11.0 Å². The van der Waals surface area contributed by atoms with E-state index in [0.717, 1.165) is 24.3 Å². The number of nitrogens with zero attached hydrogens (tertiary/aromatic N) is 2. The van der Waals surface area contributed by atoms with Crippen LogP contribution in [0.5, 0.6) is 0 Å². The molecule has 0 aliphatic rings. The first kappa shape index (κ1) is 14.8. The molecule has 0 fully saturated rings. The lowest BCUT2D eigenvalue weighted by Crippen LogP contribution is -2.19. The van der Waals surface area contributed by atoms with Crippen LogP contribution in [0.2, 0.25) is 0 Å². The minimum Gasteiger partial charge on any atom is -0.330 e. The van der Waals surface area contributed by atoms with E-state index in [0.29, 0.717) is 6.54 Å². The molecule has 0 aliphatic heterocycles. The molecule has 0 saturated carbocycles. The van der Waals surface area contributed by atoms with Crippen LogP contribution in [0.1, 0.15) is 29.8 Å². The SMILES string of the molecule is CCn1c(C(CN)Cc2ccccc2C)nc2ccccc21. The first-order valence-electron chi connectivity index (χ1n) is 7.94. The second-order valence-corrected chi connectivity index (χ2v) is 5.77. The van der Waals surface area contributed by atoms with Crippen LogP contribution in [0.4, 0.5) is 0 Å². The van der Waals surface area contributed by atoms with Crippen LogP contribution in [0.15, 0.2) is 48.5 Å². The third kappa shape index (κ3) is 2.64. The highest BCUT2D eigenvalue weighted by Gasteiger charge is 2.19. The van der Waals surface area contributed by atoms with Crippen molar-refractivity contribution in [2.45, 2.75) is 32.7 Å². The Morgan fingerprint density at radius 3 is 2.55 bits per heavy atom. The van der Waals surface area contributed by atoms with Gasteiger partial charge in [0.05, 0.1) is 11.0 Å². The summed E-state index contributed by atoms with van der Waals surface area (Å²) < 4.78 is 2.30. The predicted molar refractivity (Wildman–Crippen MR) is 92.1 cm³/mol. The second kappa shape index (κ2) is 6.32. The van der Waals surface area contributed by atoms with Crippen molar-refractivity contribution in [1.29, 1.82) is 0 Å². The van der Waals surface area contributed by atoms with E-state index in [-0.39, 0.29) is 5.92 Å². The lowest BCUT2D eigenvalue weighted by molar-refractivity contribution is 0.596. The molecule has 3 heteroatoms. The number of imidazole rings is 1. The van der Waals surface area contributed by atoms with Crippen LogP contribution in [0.25, 0.3) is 11.0 Å². The maximum Gasteiger partial charge on any atom is 0.114 e. The van der Waals surface area contributed by atoms with Crippen molar-refractivity contribution < 1.29 is 0 Å². The van der Waals surface area contributed by atoms with Gasteiger partial charge < -0.3 is 10.3 Å². The van der Waals surface area contributed by atoms with Crippen LogP contribution in [-0.4, -0.2) is 16.1 Å². The van der Waals surface area contributed by atoms with Crippen LogP contribution < -0.4 is 5.73 Å². The van der Waals surface area contributed by atoms with Crippen molar-refractivity contribution in [2.24, 2.45) is 5.73 Å². The van der Waals surface area contributed by atoms with Gasteiger partial charge in [-0.15, -0.1) is 0 Å². The third-order valence-corrected chi connectivity index (χ3v) is 4.38. The van der Waals surface area contributed by atoms with E-state index < -0.39 is 0 Å². The fraction of sp³-hybridized carbons (Fsp3) is 0.316. The van der Waals surface area contributed by atoms with Gasteiger partial charge in [-0.3, -0.25) is 0 Å². The first-order valence-corrected chi connectivity index (χ1v) is 7.94. The number of aromatic nitrogens is 2. The molecule has 0 aliphatic carbocycles. The number of hydrogen-bond donors (Lipinski definition) is 1. The van der Waals surface area contributed by atoms with E-state index in [1.165, 1.54) is 16.6 Å². The Bertz CT molecular complexity index is 773. The Balaban J connectivity index is 2.02. The lowest BCUT2D eigenvalue weighted by Gasteiger charge is -2.17. The highest BCUT2D eigenvalue weighted by Crippen LogP contribution is 2.25. The van der Waals surface area contributed by atoms with E-state index >= 15 is 0 Å². The maximum atomic E-state index is 6.09. The summed E-state index contributed by atoms with van der Waals surface area (Å²) in [6, 6.07) is 16.8. The summed E-state index contributed by atoms with van der Waals surface area (Å²) in [5.41, 5.74) is 11.0. The average Bonchev–Trinajstić information content (AvgIpc) is 2.92. The molecular weight excluding hydrogens is 270 g/mol. The Hall–Kier alpha value is -2.13. The highest BCUT2D eigenvalue weighted by atomic mass is 15.1. The van der Waals surface area contributed by atoms with Gasteiger partial charge in [0.15, 0.2) is 0 Å². The summed E-state index contributed by atoms with van der Waals surface area (Å²) in [7, 11) is 0. The standard InChI is InChI=1S/C19H23N3/c1-3-22-18-11-7-6-10-17(18)21-19(22)16(13-20)12-15-9-5-4-8-14(15)2/h4-11,16H,3,12-13,20H2,1-2H3. The summed E-state index contributed by atoms with van der Waals surface area (Å²) in [5, 5.41) is 0. The number of fused-ring (bicyclic) bond motifs is 1. The molecule has 0 bridgehead atoms. The zero-order valence-corrected chi connectivity index (χ0v) is 13.3. The van der Waals surface area contributed by atoms with Crippen molar-refractivity contribution in [1.82, 2.24) is 9.55 Å². The molecule has 2 N–H and O–H groups in total. The predicted octanol–water partition coefficient (Wildman–Crippen LogP) is 3.65. The van der Waals surface area contributed by atoms with Gasteiger partial charge in [0.25, 0.3) is 0 Å². The van der Waals surface area contributed by atoms with Crippen molar-refractivity contribution in [3.63, 3.8) is 0 Å². The molecule has 114 valence electrons. The Morgan fingerprint density at radius 1 is 1.09 bits per heavy atom. The van der Waals surface area contributed by atoms with Gasteiger partial charge >= 0.3 is 0 Å². The van der Waals surface area contributed by atoms with Crippen LogP contribution in [0, 0.1) is 6.92 Å². The molecule has 3 rings (SSSR count). The van der Waals surface area contributed by atoms with E-state index in [1.807, 2.05) is 6.07 Å². The van der Waals surface area contributed by atoms with Crippen molar-refractivity contribution in [3.05, 3.63) is 65.5 Å². The number of rotatable bonds is 5. The highest BCUT2D eigenvalue weighted by molar-refractivity contribution is 5.76. The lowest BCUT2D eigenvalue weighted by atomic mass is 9.95. The number of para-hydroxylation sites is 2. The molecule has 0 amide bonds. The molecule has 0 radical (unpaired) electrons. The zero-order chi connectivity index (χ0) is 15.5. The molecule has 0 spiro atoms. The normalized spacial score (nSPS) is 12.7. The Morgan fingerprint density at radius 2 is 1.82 bits per heavy atom. The van der Waals surface area contributed by atoms with E-state index in [9.17, 15) is 0 Å². The van der Waals surface area contributed by atoms with Gasteiger partial charge in [0, 0.05) is 19.0 Å². The molecular formula is C19H23N3. The summed E-state index contributed by atoms with van der Waals surface area (Å²) in [4.78, 5) is 4.86. The minimum atomic E-state index is 0.244. The summed E-state index contributed by atoms with van der Waals surface area (Å²) >= 11 is 0. The fourth-order valence-electron chi connectivity index (χ4n) is 3.12. The number of benzene rings is 2. The maximum absolute atomic E-state index is 6.09. The molecule has 1 atom stereocenters. The zero-order valence-electron chi connectivity index (χ0n) is 13.3. The number of aryl methyl sites for hydroxylation is 2. The largest absolute Gasteiger partial charge is 0.330 e. The Kier molecular flexibility index (Phi) is 4.25. The second-order valence-electron chi connectivity index (χ2n) is 5.77. The summed E-state index contributed by atoms with van der Waals surface area (Å²) in [6.45, 7) is 5.85. The quantitative estimate of drug-likeness (QED) is 0.780. The molecule has 2 aromatic carbocycles. The molecule has 22 heavy (non-hydrogen) atoms. The van der Waals surface area contributed by atoms with Crippen LogP contribution in [0.3, 0.4) is 0 Å². The third-order valence-electron chi connectivity index (χ3n) is 4.38. The molecule has 3 nitrogen and oxygen atoms in total. The van der Waals surface area contributed by atoms with Crippen molar-refractivity contribution in [3.8, 4) is 0 Å². The van der Waals surface area contributed by atoms with Gasteiger partial charge in [0.1, 0.15) is 5.82 Å². The average molecular weight is 293 g/mol. The number of nitrogens with two attached hydrogens (primary N) is 1. The molecule has 1 unspecified atom stereocenters. The van der Waals surface area contributed by atoms with Crippen molar-refractivity contribution in [2.75, 3.05) is 6.54 Å². The summed E-state index contributed by atoms with van der Waals surface area (Å²) in [5.74, 6) is 1.35. The van der Waals surface area contributed by atoms with Gasteiger partial charge in [-0.25, -0.2) is 4.98 Å². The van der Waals surface area contributed by atoms with Gasteiger partial charge in [-0.1, -0.05) is 36.4 Å². The molecule has 3 aromatic rings. The van der Waals surface area contributed by atoms with E-state index in [1.54, 1.807) is 0 Å². The summed E-state index contributed by atoms with van der Waals surface area (Å²) in [6.07, 6.45) is 0.937. The topological polar surface area (TPSA) is 43.8 Å². The smallest absolute Gasteiger partial charge is 0.114 e. The van der Waals surface area contributed by atoms with E-state index in [2.05, 4.69) is 60.9 Å². The van der Waals surface area contributed by atoms with E-state index in [4.69, 9.17) is 10.7 Å². The van der Waals surface area contributed by atoms with Gasteiger partial charge in [-0.2, -0.15) is 0 Å². The van der Waals surface area contributed by atoms with Crippen LogP contribution >= 0.6 is 0 Å². The van der Waals surface area contributed by atoms with Gasteiger partial charge in [-0.05, 0) is 43.5 Å². The Labute approximate surface area is 131 Å². The number of hydrogen-bond acceptors (Lipinski definition) is 2. The fourth-order valence-corrected chi connectivity index (χ4v) is 3.12. The molecule has 1 heterocycles. The van der Waals surface area contributed by atoms with Gasteiger partial charge in [0.2, 0.25) is 0 Å². The molecule has 1 aromatic heterocycles. The first-order chi connectivity index (χ1) is 10.7. The monoisotopic (exact) mass is 293 g/mol. The van der Waals surface area contributed by atoms with Crippen LogP contribution in [-0.2, 0) is 13.0 Å². The minimum absolute atomic E-state index is 0.244. The molecule has 0 saturated heterocycles.